The Balaban J connectivity index is 4.30. The molecule has 0 aromatic carbocycles. The second-order valence-corrected chi connectivity index (χ2v) is 2.56. The molecular formula is C7H10F3NO2. The molecule has 3 nitrogen and oxygen atoms in total. The van der Waals surface area contributed by atoms with Gasteiger partial charge in [-0.05, 0) is 6.42 Å². The lowest BCUT2D eigenvalue weighted by atomic mass is 10.00. The molecule has 2 atom stereocenters. The smallest absolute Gasteiger partial charge is 0.395 e. The molecule has 0 aliphatic rings. The van der Waals surface area contributed by atoms with Gasteiger partial charge in [0.2, 0.25) is 0 Å². The molecule has 0 aromatic heterocycles. The van der Waals surface area contributed by atoms with Crippen LogP contribution in [0.2, 0.25) is 0 Å². The standard InChI is InChI=1S/C7H10F3NO2/c1-2-4(7(8,9)10)3-5(11)6(12)13/h2,4-5H,1,3,11H2,(H,12,13)/t4-,5-/m0/s1. The summed E-state index contributed by atoms with van der Waals surface area (Å²) in [7, 11) is 0. The van der Waals surface area contributed by atoms with Crippen LogP contribution < -0.4 is 5.73 Å². The predicted molar refractivity (Wildman–Crippen MR) is 40.0 cm³/mol. The summed E-state index contributed by atoms with van der Waals surface area (Å²) >= 11 is 0. The van der Waals surface area contributed by atoms with Crippen molar-refractivity contribution in [3.8, 4) is 0 Å². The van der Waals surface area contributed by atoms with E-state index in [1.807, 2.05) is 0 Å². The monoisotopic (exact) mass is 197 g/mol. The Morgan fingerprint density at radius 3 is 2.31 bits per heavy atom. The normalized spacial score (nSPS) is 16.3. The second-order valence-electron chi connectivity index (χ2n) is 2.56. The lowest BCUT2D eigenvalue weighted by Gasteiger charge is -2.17. The maximum Gasteiger partial charge on any atom is 0.395 e. The summed E-state index contributed by atoms with van der Waals surface area (Å²) < 4.78 is 36.1. The van der Waals surface area contributed by atoms with Crippen LogP contribution in [0.3, 0.4) is 0 Å². The molecule has 76 valence electrons. The average Bonchev–Trinajstić information content (AvgIpc) is 1.96. The largest absolute Gasteiger partial charge is 0.480 e. The van der Waals surface area contributed by atoms with Crippen LogP contribution in [0.1, 0.15) is 6.42 Å². The maximum absolute atomic E-state index is 12.0. The summed E-state index contributed by atoms with van der Waals surface area (Å²) in [6.07, 6.45) is -4.50. The molecule has 0 saturated heterocycles. The van der Waals surface area contributed by atoms with Gasteiger partial charge in [-0.3, -0.25) is 4.79 Å². The molecule has 0 heterocycles. The Kier molecular flexibility index (Phi) is 3.93. The van der Waals surface area contributed by atoms with Crippen LogP contribution in [-0.4, -0.2) is 23.3 Å². The first-order valence-electron chi connectivity index (χ1n) is 3.46. The zero-order valence-electron chi connectivity index (χ0n) is 6.71. The van der Waals surface area contributed by atoms with Gasteiger partial charge >= 0.3 is 12.1 Å². The van der Waals surface area contributed by atoms with Crippen LogP contribution in [0.5, 0.6) is 0 Å². The third-order valence-corrected chi connectivity index (χ3v) is 1.53. The topological polar surface area (TPSA) is 63.3 Å². The highest BCUT2D eigenvalue weighted by Gasteiger charge is 2.39. The summed E-state index contributed by atoms with van der Waals surface area (Å²) in [6.45, 7) is 2.97. The van der Waals surface area contributed by atoms with Crippen LogP contribution in [0, 0.1) is 5.92 Å². The zero-order chi connectivity index (χ0) is 10.6. The summed E-state index contributed by atoms with van der Waals surface area (Å²) in [5, 5.41) is 8.27. The molecule has 0 radical (unpaired) electrons. The fourth-order valence-corrected chi connectivity index (χ4v) is 0.738. The van der Waals surface area contributed by atoms with Gasteiger partial charge in [0.05, 0.1) is 5.92 Å². The number of hydrogen-bond donors (Lipinski definition) is 2. The van der Waals surface area contributed by atoms with Gasteiger partial charge in [-0.25, -0.2) is 0 Å². The highest BCUT2D eigenvalue weighted by molar-refractivity contribution is 5.73. The summed E-state index contributed by atoms with van der Waals surface area (Å²) in [6, 6.07) is -1.51. The molecule has 0 spiro atoms. The van der Waals surface area contributed by atoms with Gasteiger partial charge in [-0.15, -0.1) is 6.58 Å². The predicted octanol–water partition coefficient (Wildman–Crippen LogP) is 1.15. The number of nitrogens with two attached hydrogens (primary N) is 1. The van der Waals surface area contributed by atoms with Crippen LogP contribution in [-0.2, 0) is 4.79 Å². The molecule has 0 fully saturated rings. The molecule has 0 aliphatic heterocycles. The molecule has 0 aliphatic carbocycles. The van der Waals surface area contributed by atoms with Crippen LogP contribution in [0.4, 0.5) is 13.2 Å². The number of carboxylic acid groups (broad SMARTS) is 1. The van der Waals surface area contributed by atoms with Gasteiger partial charge < -0.3 is 10.8 Å². The fraction of sp³-hybridized carbons (Fsp3) is 0.571. The molecule has 0 bridgehead atoms. The average molecular weight is 197 g/mol. The number of hydrogen-bond acceptors (Lipinski definition) is 2. The van der Waals surface area contributed by atoms with E-state index in [0.29, 0.717) is 6.08 Å². The molecule has 6 heteroatoms. The van der Waals surface area contributed by atoms with Crippen molar-refractivity contribution in [3.05, 3.63) is 12.7 Å². The number of alkyl halides is 3. The van der Waals surface area contributed by atoms with E-state index in [-0.39, 0.29) is 0 Å². The number of carbonyl (C=O) groups is 1. The minimum absolute atomic E-state index is 0.656. The van der Waals surface area contributed by atoms with Crippen LogP contribution in [0.15, 0.2) is 12.7 Å². The van der Waals surface area contributed by atoms with Gasteiger partial charge in [-0.1, -0.05) is 6.08 Å². The zero-order valence-corrected chi connectivity index (χ0v) is 6.71. The molecule has 0 rings (SSSR count). The van der Waals surface area contributed by atoms with Gasteiger partial charge in [0.1, 0.15) is 6.04 Å². The molecule has 0 aromatic rings. The van der Waals surface area contributed by atoms with Crippen molar-refractivity contribution in [3.63, 3.8) is 0 Å². The third-order valence-electron chi connectivity index (χ3n) is 1.53. The first-order valence-corrected chi connectivity index (χ1v) is 3.46. The van der Waals surface area contributed by atoms with Gasteiger partial charge in [0.15, 0.2) is 0 Å². The number of halogens is 3. The highest BCUT2D eigenvalue weighted by atomic mass is 19.4. The van der Waals surface area contributed by atoms with Crippen molar-refractivity contribution < 1.29 is 23.1 Å². The minimum Gasteiger partial charge on any atom is -0.480 e. The Labute approximate surface area is 73.0 Å². The van der Waals surface area contributed by atoms with Gasteiger partial charge in [0, 0.05) is 0 Å². The highest BCUT2D eigenvalue weighted by Crippen LogP contribution is 2.30. The first-order chi connectivity index (χ1) is 5.79. The summed E-state index contributed by atoms with van der Waals surface area (Å²) in [5.41, 5.74) is 4.94. The summed E-state index contributed by atoms with van der Waals surface area (Å²) in [5.74, 6) is -3.31. The number of aliphatic carboxylic acids is 1. The van der Waals surface area contributed by atoms with E-state index in [1.165, 1.54) is 0 Å². The van der Waals surface area contributed by atoms with Crippen molar-refractivity contribution >= 4 is 5.97 Å². The van der Waals surface area contributed by atoms with Gasteiger partial charge in [-0.2, -0.15) is 13.2 Å². The lowest BCUT2D eigenvalue weighted by molar-refractivity contribution is -0.165. The van der Waals surface area contributed by atoms with E-state index in [9.17, 15) is 18.0 Å². The van der Waals surface area contributed by atoms with E-state index in [1.54, 1.807) is 0 Å². The van der Waals surface area contributed by atoms with E-state index >= 15 is 0 Å². The fourth-order valence-electron chi connectivity index (χ4n) is 0.738. The number of allylic oxidation sites excluding steroid dienone is 1. The molecule has 0 amide bonds. The SMILES string of the molecule is C=C[C@@H](C[C@H](N)C(=O)O)C(F)(F)F. The molecular weight excluding hydrogens is 187 g/mol. The Morgan fingerprint density at radius 1 is 1.62 bits per heavy atom. The number of carboxylic acids is 1. The van der Waals surface area contributed by atoms with E-state index in [2.05, 4.69) is 6.58 Å². The number of rotatable bonds is 4. The van der Waals surface area contributed by atoms with Crippen molar-refractivity contribution in [1.82, 2.24) is 0 Å². The van der Waals surface area contributed by atoms with Gasteiger partial charge in [0.25, 0.3) is 0 Å². The second kappa shape index (κ2) is 4.27. The minimum atomic E-state index is -4.48. The quantitative estimate of drug-likeness (QED) is 0.664. The van der Waals surface area contributed by atoms with Crippen LogP contribution in [0.25, 0.3) is 0 Å². The van der Waals surface area contributed by atoms with Crippen molar-refractivity contribution in [2.24, 2.45) is 11.7 Å². The van der Waals surface area contributed by atoms with E-state index in [0.717, 1.165) is 0 Å². The first kappa shape index (κ1) is 12.0. The molecule has 0 saturated carbocycles. The van der Waals surface area contributed by atoms with Crippen molar-refractivity contribution in [1.29, 1.82) is 0 Å². The lowest BCUT2D eigenvalue weighted by Crippen LogP contribution is -2.35. The molecule has 13 heavy (non-hydrogen) atoms. The molecule has 0 unspecified atom stereocenters. The van der Waals surface area contributed by atoms with Crippen molar-refractivity contribution in [2.75, 3.05) is 0 Å². The Morgan fingerprint density at radius 2 is 2.08 bits per heavy atom. The van der Waals surface area contributed by atoms with E-state index in [4.69, 9.17) is 10.8 Å². The van der Waals surface area contributed by atoms with Crippen LogP contribution >= 0.6 is 0 Å². The third kappa shape index (κ3) is 3.93. The van der Waals surface area contributed by atoms with Crippen molar-refractivity contribution in [2.45, 2.75) is 18.6 Å². The molecule has 3 N–H and O–H groups in total. The summed E-state index contributed by atoms with van der Waals surface area (Å²) in [4.78, 5) is 10.2. The Bertz CT molecular complexity index is 202. The van der Waals surface area contributed by atoms with E-state index < -0.39 is 30.5 Å². The Hall–Kier alpha value is -1.04. The maximum atomic E-state index is 12.0.